The smallest absolute Gasteiger partial charge is 0.323 e. The van der Waals surface area contributed by atoms with E-state index in [9.17, 15) is 77.6 Å². The third-order valence-electron chi connectivity index (χ3n) is 23.6. The Labute approximate surface area is 770 Å². The molecule has 3 saturated heterocycles. The van der Waals surface area contributed by atoms with Gasteiger partial charge in [-0.05, 0) is 92.9 Å². The van der Waals surface area contributed by atoms with Crippen LogP contribution >= 0.6 is 11.8 Å². The van der Waals surface area contributed by atoms with Crippen molar-refractivity contribution >= 4 is 146 Å². The molecule has 3 aromatic carbocycles. The Bertz CT molecular complexity index is 5070. The number of nitrogens with one attached hydrogen (secondary N) is 11. The number of nitrogens with two attached hydrogens (primary N) is 6. The molecule has 3 aliphatic heterocycles. The van der Waals surface area contributed by atoms with Crippen molar-refractivity contribution in [2.24, 2.45) is 34.4 Å². The average molecular weight is 1880 g/mol. The minimum atomic E-state index is -1.81. The number of likely N-dealkylation sites (N-methyl/N-ethyl adjacent to an activating group) is 3. The van der Waals surface area contributed by atoms with Gasteiger partial charge < -0.3 is 137 Å². The molecule has 0 radical (unpaired) electrons. The van der Waals surface area contributed by atoms with Gasteiger partial charge in [0.2, 0.25) is 106 Å². The van der Waals surface area contributed by atoms with Gasteiger partial charge >= 0.3 is 5.97 Å². The number of nitrogens with zero attached hydrogens (tertiary/aromatic N) is 6. The molecule has 46 heteroatoms. The number of carboxylic acids is 1. The van der Waals surface area contributed by atoms with Crippen molar-refractivity contribution in [3.63, 3.8) is 0 Å². The Kier molecular flexibility index (Phi) is 39.3. The fourth-order valence-corrected chi connectivity index (χ4v) is 17.0. The summed E-state index contributed by atoms with van der Waals surface area (Å²) in [6.45, 7) is 1.22. The molecule has 18 amide bonds. The molecule has 0 bridgehead atoms. The molecule has 26 N–H and O–H groups in total. The van der Waals surface area contributed by atoms with E-state index in [-0.39, 0.29) is 70.2 Å². The highest BCUT2D eigenvalue weighted by Crippen LogP contribution is 2.29. The van der Waals surface area contributed by atoms with E-state index in [0.29, 0.717) is 57.8 Å². The van der Waals surface area contributed by atoms with Gasteiger partial charge in [0.15, 0.2) is 0 Å². The standard InChI is InChI=1S/C87H123N23O22S/c1-7-9-19-65-80(125)102-62(38-90)79(124)104-63(75(120)95-40-71(93)115)44-133-45-72(116)96-58(32-47-23-25-50(111)26-24-47)83(128)105(4)46(3)74(119)100-60(36-70(92)114)86(131)109-31-15-22-66(109)81(126)103-61(37-89)78(123)98-56(27-28-69(91)113)85(130)110-42-51(112)35-68(110)82(127)99-57(33-48-39-94-54-18-13-11-16-52(48)54)77(122)97-55(29-30-88)76(121)101-59(84(129)107(6)67(20-10-8-2)87(132)106(65)5)34-49-41-108(43-73(117)118)64-21-14-12-17-53(49)64/h11-14,16-18,21,23-26,39,41,46,51,55-63,65-68,94,111-112H,7-10,15,19-20,22,27-38,40,42-45,88-90H2,1-6H3,(H2,91,113)(H2,92,114)(H2,93,115)(H,95,120)(H,96,116)(H,97,122)(H,98,123)(H,99,127)(H,100,119)(H,101,121)(H,102,125)(H,103,126)(H,104,124)(H,117,118)/t46-,51+,55-,56-,57-,58-,59-,60+,61-,62-,63-,65-,66-,67-,68-/m0/s1. The van der Waals surface area contributed by atoms with Gasteiger partial charge in [-0.1, -0.05) is 88.1 Å². The number of aromatic nitrogens is 2. The third kappa shape index (κ3) is 28.8. The van der Waals surface area contributed by atoms with E-state index in [1.54, 1.807) is 61.7 Å². The lowest BCUT2D eigenvalue weighted by Crippen LogP contribution is -2.62. The molecular formula is C87H123N23O22S. The van der Waals surface area contributed by atoms with Gasteiger partial charge in [0, 0.05) is 119 Å². The van der Waals surface area contributed by atoms with Crippen molar-refractivity contribution < 1.29 is 106 Å². The van der Waals surface area contributed by atoms with Crippen LogP contribution in [-0.4, -0.2) is 324 Å². The minimum Gasteiger partial charge on any atom is -0.508 e. The number of carbonyl (C=O) groups excluding carboxylic acids is 18. The Balaban J connectivity index is 1.20. The van der Waals surface area contributed by atoms with Crippen LogP contribution in [0.1, 0.15) is 121 Å². The number of carbonyl (C=O) groups is 19. The van der Waals surface area contributed by atoms with Crippen LogP contribution in [0.3, 0.4) is 0 Å². The number of primary amides is 3. The zero-order valence-electron chi connectivity index (χ0n) is 75.1. The number of unbranched alkanes of at least 4 members (excludes halogenated alkanes) is 2. The van der Waals surface area contributed by atoms with Crippen molar-refractivity contribution in [3.8, 4) is 5.75 Å². The number of aromatic amines is 1. The number of aliphatic carboxylic acids is 1. The summed E-state index contributed by atoms with van der Waals surface area (Å²) in [5.41, 5.74) is 37.4. The summed E-state index contributed by atoms with van der Waals surface area (Å²) >= 11 is 0.735. The molecule has 0 unspecified atom stereocenters. The van der Waals surface area contributed by atoms with Gasteiger partial charge in [0.25, 0.3) is 0 Å². The van der Waals surface area contributed by atoms with E-state index in [1.165, 1.54) is 63.1 Å². The number of hydrogen-bond acceptors (Lipinski definition) is 25. The van der Waals surface area contributed by atoms with Crippen molar-refractivity contribution in [2.45, 2.75) is 221 Å². The fourth-order valence-electron chi connectivity index (χ4n) is 16.2. The number of aliphatic hydroxyl groups excluding tert-OH is 1. The number of rotatable bonds is 26. The predicted octanol–water partition coefficient (Wildman–Crippen LogP) is -6.11. The van der Waals surface area contributed by atoms with Crippen LogP contribution < -0.4 is 87.6 Å². The molecule has 5 heterocycles. The summed E-state index contributed by atoms with van der Waals surface area (Å²) in [5, 5.41) is 58.3. The summed E-state index contributed by atoms with van der Waals surface area (Å²) in [6.07, 6.45) is -0.762. The number of aliphatic hydroxyl groups is 1. The Morgan fingerprint density at radius 1 is 0.526 bits per heavy atom. The van der Waals surface area contributed by atoms with Crippen molar-refractivity contribution in [3.05, 3.63) is 102 Å². The number of thioether (sulfide) groups is 1. The first-order valence-electron chi connectivity index (χ1n) is 44.0. The molecule has 2 aromatic heterocycles. The van der Waals surface area contributed by atoms with Gasteiger partial charge in [-0.3, -0.25) is 91.1 Å². The van der Waals surface area contributed by atoms with Crippen LogP contribution in [0.5, 0.6) is 5.75 Å². The number of amides is 18. The molecule has 8 rings (SSSR count). The van der Waals surface area contributed by atoms with Gasteiger partial charge in [0.1, 0.15) is 96.9 Å². The Hall–Kier alpha value is -13.3. The van der Waals surface area contributed by atoms with Crippen LogP contribution in [0.4, 0.5) is 0 Å². The molecule has 15 atom stereocenters. The zero-order valence-corrected chi connectivity index (χ0v) is 75.9. The topological polar surface area (TPSA) is 698 Å². The van der Waals surface area contributed by atoms with E-state index in [4.69, 9.17) is 34.4 Å². The monoisotopic (exact) mass is 1870 g/mol. The second-order valence-corrected chi connectivity index (χ2v) is 34.3. The third-order valence-corrected chi connectivity index (χ3v) is 24.6. The lowest BCUT2D eigenvalue weighted by molar-refractivity contribution is -0.149. The number of carboxylic acid groups (broad SMARTS) is 1. The largest absolute Gasteiger partial charge is 0.508 e. The van der Waals surface area contributed by atoms with Crippen LogP contribution in [0.15, 0.2) is 85.2 Å². The first-order valence-corrected chi connectivity index (χ1v) is 45.1. The van der Waals surface area contributed by atoms with Gasteiger partial charge in [-0.2, -0.15) is 0 Å². The first kappa shape index (κ1) is 105. The van der Waals surface area contributed by atoms with E-state index in [1.807, 2.05) is 6.92 Å². The fraction of sp³-hybridized carbons (Fsp3) is 0.529. The maximum atomic E-state index is 15.9. The maximum absolute atomic E-state index is 15.9. The van der Waals surface area contributed by atoms with E-state index < -0.39 is 279 Å². The summed E-state index contributed by atoms with van der Waals surface area (Å²) < 4.78 is 1.41. The Morgan fingerprint density at radius 3 is 1.71 bits per heavy atom. The SMILES string of the molecule is CCCC[C@H]1C(=O)N(C)[C@@H](CCCC)C(=O)N[C@@H](CN)C(=O)N[C@H](C(=O)NCC(N)=O)CSCC(=O)N[C@@H](Cc2ccc(O)cc2)C(=O)N(C)[C@@H](C)C(=O)N[C@H](CC(N)=O)C(=O)N2CCC[C@H]2C(=O)N[C@@H](CN)C(=O)N[C@@H](CCC(N)=O)C(=O)N2C[C@H](O)C[C@H]2C(=O)N[C@@H](Cc2c[nH]c3ccccc23)C(=O)N[C@@H](CCN)C(=O)N[C@@H](Cc2cn(CC(=O)O)c3ccccc23)C(=O)N1C. The van der Waals surface area contributed by atoms with Crippen molar-refractivity contribution in [1.82, 2.24) is 87.2 Å². The summed E-state index contributed by atoms with van der Waals surface area (Å²) in [6, 6.07) is -3.68. The summed E-state index contributed by atoms with van der Waals surface area (Å²) in [7, 11) is 3.79. The van der Waals surface area contributed by atoms with E-state index in [2.05, 4.69) is 58.2 Å². The molecule has 724 valence electrons. The average Bonchev–Trinajstić information content (AvgIpc) is 1.70. The number of hydrogen-bond donors (Lipinski definition) is 20. The Morgan fingerprint density at radius 2 is 1.08 bits per heavy atom. The highest BCUT2D eigenvalue weighted by atomic mass is 32.2. The molecule has 0 spiro atoms. The second-order valence-electron chi connectivity index (χ2n) is 33.3. The van der Waals surface area contributed by atoms with Crippen LogP contribution in [0, 0.1) is 0 Å². The number of aromatic hydroxyl groups is 1. The van der Waals surface area contributed by atoms with Gasteiger partial charge in [0.05, 0.1) is 24.8 Å². The van der Waals surface area contributed by atoms with Gasteiger partial charge in [-0.15, -0.1) is 11.8 Å². The second kappa shape index (κ2) is 49.8. The number of phenols is 1. The molecule has 3 aliphatic rings. The van der Waals surface area contributed by atoms with Crippen molar-refractivity contribution in [2.75, 3.05) is 71.9 Å². The van der Waals surface area contributed by atoms with Gasteiger partial charge in [-0.25, -0.2) is 0 Å². The summed E-state index contributed by atoms with van der Waals surface area (Å²) in [4.78, 5) is 281. The first-order chi connectivity index (χ1) is 63.2. The van der Waals surface area contributed by atoms with E-state index >= 15 is 28.8 Å². The molecule has 5 aromatic rings. The molecular weight excluding hydrogens is 1750 g/mol. The number of para-hydroxylation sites is 2. The summed E-state index contributed by atoms with van der Waals surface area (Å²) in [5.74, 6) is -20.4. The molecule has 3 fully saturated rings. The molecule has 0 saturated carbocycles. The maximum Gasteiger partial charge on any atom is 0.323 e. The van der Waals surface area contributed by atoms with E-state index in [0.717, 1.165) is 36.3 Å². The number of fused-ring (bicyclic) bond motifs is 4. The van der Waals surface area contributed by atoms with Crippen molar-refractivity contribution in [1.29, 1.82) is 0 Å². The molecule has 0 aliphatic carbocycles. The minimum absolute atomic E-state index is 0.0490. The normalized spacial score (nSPS) is 24.9. The predicted molar refractivity (Wildman–Crippen MR) is 483 cm³/mol. The quantitative estimate of drug-likeness (QED) is 0.0245. The number of phenolic OH excluding ortho intramolecular Hbond substituents is 1. The lowest BCUT2D eigenvalue weighted by Gasteiger charge is -2.36. The highest BCUT2D eigenvalue weighted by Gasteiger charge is 2.47. The zero-order chi connectivity index (χ0) is 97.8. The molecule has 133 heavy (non-hydrogen) atoms. The van der Waals surface area contributed by atoms with Crippen LogP contribution in [0.2, 0.25) is 0 Å². The molecule has 45 nitrogen and oxygen atoms in total. The van der Waals surface area contributed by atoms with Crippen LogP contribution in [-0.2, 0) is 117 Å². The van der Waals surface area contributed by atoms with Crippen LogP contribution in [0.25, 0.3) is 21.8 Å². The number of benzene rings is 3. The number of H-pyrrole nitrogens is 1. The highest BCUT2D eigenvalue weighted by molar-refractivity contribution is 8.00. The lowest BCUT2D eigenvalue weighted by atomic mass is 10.00.